The minimum atomic E-state index is 0. The van der Waals surface area contributed by atoms with Crippen molar-refractivity contribution in [2.75, 3.05) is 0 Å². The molecule has 0 radical (unpaired) electrons. The largest absolute Gasteiger partial charge is 2.00 e. The molecule has 0 fully saturated rings. The number of rotatable bonds is 0. The van der Waals surface area contributed by atoms with E-state index in [2.05, 4.69) is 0 Å². The van der Waals surface area contributed by atoms with Gasteiger partial charge < -0.3 is 548 Å². The van der Waals surface area contributed by atoms with Crippen LogP contribution in [0.1, 0.15) is 0 Å². The van der Waals surface area contributed by atoms with E-state index >= 15 is 0 Å². The van der Waals surface area contributed by atoms with Gasteiger partial charge in [-0.25, -0.2) is 0 Å². The SMILES string of the molecule is O.O.O.O.O.O.O.O.O.O.O.O.O.O.O.O.O.O.O.O.O.O.O.O.O.O.O.O.O.O.O.O.O.O.O.O.O.O.O.O.O.O.O.O.O.O.O.O.O.O.O.O.O.O.O.O.O.O.O.O.O.O.O.O.O.O.O.O.O.O.O.O.O.O.O.O.O.O.O.O.O.O.O.O.O.O.O.O.O.O.O.O.O.O.O.O.O.O.[OH-].[OH-].[Zn+2]. The monoisotopic (exact) mass is 1860 g/mol. The normalized spacial score (nSPS) is 0. The summed E-state index contributed by atoms with van der Waals surface area (Å²) in [4.78, 5) is 0. The summed E-state index contributed by atoms with van der Waals surface area (Å²) in [5.41, 5.74) is 0. The van der Waals surface area contributed by atoms with Gasteiger partial charge in [0.05, 0.1) is 0 Å². The van der Waals surface area contributed by atoms with Crippen molar-refractivity contribution in [3.63, 3.8) is 0 Å². The molecule has 0 amide bonds. The molecule has 0 aromatic rings. The van der Waals surface area contributed by atoms with E-state index in [0.717, 1.165) is 0 Å². The zero-order chi connectivity index (χ0) is 0. The van der Waals surface area contributed by atoms with Crippen molar-refractivity contribution in [1.29, 1.82) is 0 Å². The molecule has 0 aliphatic heterocycles. The van der Waals surface area contributed by atoms with Gasteiger partial charge in [-0.2, -0.15) is 0 Å². The van der Waals surface area contributed by atoms with E-state index in [4.69, 9.17) is 0 Å². The molecule has 0 saturated heterocycles. The molecule has 0 rings (SSSR count). The van der Waals surface area contributed by atoms with Crippen LogP contribution in [-0.2, 0) is 19.5 Å². The molecule has 0 unspecified atom stereocenters. The maximum absolute atomic E-state index is 0. The van der Waals surface area contributed by atoms with Gasteiger partial charge in [0.1, 0.15) is 0 Å². The molecular weight excluding hydrogens is 1670 g/mol. The molecule has 800 valence electrons. The fraction of sp³-hybridized carbons (Fsp3) is 0. The summed E-state index contributed by atoms with van der Waals surface area (Å²) in [5.74, 6) is 0. The maximum atomic E-state index is 0. The van der Waals surface area contributed by atoms with Gasteiger partial charge >= 0.3 is 19.5 Å². The third kappa shape index (κ3) is 75900. The first-order valence-electron chi connectivity index (χ1n) is 0. The van der Waals surface area contributed by atoms with Crippen LogP contribution in [0.5, 0.6) is 0 Å². The number of hydrogen-bond acceptors (Lipinski definition) is 2. The Hall–Kier alpha value is -3.38. The average molecular weight is 1860 g/mol. The molecule has 0 atom stereocenters. The van der Waals surface area contributed by atoms with Crippen molar-refractivity contribution in [1.82, 2.24) is 0 Å². The number of hydrogen-bond donors (Lipinski definition) is 0. The Morgan fingerprint density at radius 3 is 0.0297 bits per heavy atom. The zero-order valence-corrected chi connectivity index (χ0v) is 53.6. The fourth-order valence-electron chi connectivity index (χ4n) is 0. The second kappa shape index (κ2) is 77500. The van der Waals surface area contributed by atoms with E-state index < -0.39 is 0 Å². The summed E-state index contributed by atoms with van der Waals surface area (Å²) in [6.45, 7) is 0. The standard InChI is InChI=1S/100H2O.Zn/h100*1H2;/q;;;;;;;;;;;;;;;;;;;;;;;;;;;;;;;;;;;;;;;;;;;;;;;;;;;;;;;;;;;;;;;;;;;;;;;;;;;;;;;;;;;;;;;;;;;;;;;;;;;;+2/p-2. The molecule has 101 heteroatoms. The third-order valence-corrected chi connectivity index (χ3v) is 0. The molecule has 0 spiro atoms. The molecule has 0 heterocycles. The minimum absolute atomic E-state index is 0. The molecule has 0 saturated carbocycles. The van der Waals surface area contributed by atoms with Crippen LogP contribution in [0.4, 0.5) is 0 Å². The van der Waals surface area contributed by atoms with Crippen LogP contribution in [0.2, 0.25) is 0 Å². The summed E-state index contributed by atoms with van der Waals surface area (Å²) in [5, 5.41) is 0. The maximum Gasteiger partial charge on any atom is 2.00 e. The third-order valence-electron chi connectivity index (χ3n) is 0. The Morgan fingerprint density at radius 1 is 0.0297 bits per heavy atom. The molecular formula is H198O100Zn. The van der Waals surface area contributed by atoms with Crippen molar-refractivity contribution >= 4 is 0 Å². The second-order valence-electron chi connectivity index (χ2n) is 0. The summed E-state index contributed by atoms with van der Waals surface area (Å²) < 4.78 is 0. The van der Waals surface area contributed by atoms with Crippen molar-refractivity contribution < 1.29 is 567 Å². The van der Waals surface area contributed by atoms with Gasteiger partial charge in [-0.3, -0.25) is 0 Å². The summed E-state index contributed by atoms with van der Waals surface area (Å²) in [6.07, 6.45) is 0. The zero-order valence-electron chi connectivity index (χ0n) is 50.6. The average Bonchev–Trinajstić information content (AvgIpc) is 0. The Bertz CT molecular complexity index is 8.09. The fourth-order valence-corrected chi connectivity index (χ4v) is 0. The smallest absolute Gasteiger partial charge is 0.870 e. The molecule has 0 aromatic heterocycles. The van der Waals surface area contributed by atoms with Crippen molar-refractivity contribution in [3.8, 4) is 0 Å². The van der Waals surface area contributed by atoms with Crippen molar-refractivity contribution in [3.05, 3.63) is 0 Å². The second-order valence-corrected chi connectivity index (χ2v) is 0. The van der Waals surface area contributed by atoms with E-state index in [1.807, 2.05) is 0 Å². The van der Waals surface area contributed by atoms with Gasteiger partial charge in [0.2, 0.25) is 0 Å². The quantitative estimate of drug-likeness (QED) is 0.213. The van der Waals surface area contributed by atoms with E-state index in [0.29, 0.717) is 0 Å². The molecule has 100 nitrogen and oxygen atoms in total. The predicted octanol–water partition coefficient (Wildman–Crippen LogP) is -81.2. The van der Waals surface area contributed by atoms with Crippen LogP contribution in [0.15, 0.2) is 0 Å². The van der Waals surface area contributed by atoms with Crippen LogP contribution in [-0.4, -0.2) is 548 Å². The first kappa shape index (κ1) is 79900. The van der Waals surface area contributed by atoms with Crippen LogP contribution in [0, 0.1) is 0 Å². The van der Waals surface area contributed by atoms with E-state index in [1.54, 1.807) is 0 Å². The van der Waals surface area contributed by atoms with Crippen LogP contribution in [0.3, 0.4) is 0 Å². The first-order valence-corrected chi connectivity index (χ1v) is 0. The molecule has 0 bridgehead atoms. The van der Waals surface area contributed by atoms with Gasteiger partial charge in [0.15, 0.2) is 0 Å². The van der Waals surface area contributed by atoms with Gasteiger partial charge in [0, 0.05) is 0 Å². The summed E-state index contributed by atoms with van der Waals surface area (Å²) in [7, 11) is 0. The Morgan fingerprint density at radius 2 is 0.0297 bits per heavy atom. The first-order chi connectivity index (χ1) is 0. The van der Waals surface area contributed by atoms with Gasteiger partial charge in [0.25, 0.3) is 0 Å². The van der Waals surface area contributed by atoms with E-state index in [9.17, 15) is 0 Å². The van der Waals surface area contributed by atoms with Crippen LogP contribution < -0.4 is 0 Å². The van der Waals surface area contributed by atoms with Crippen molar-refractivity contribution in [2.24, 2.45) is 0 Å². The van der Waals surface area contributed by atoms with Gasteiger partial charge in [-0.15, -0.1) is 0 Å². The Kier molecular flexibility index (Phi) is 61300000. The van der Waals surface area contributed by atoms with Crippen LogP contribution in [0.25, 0.3) is 0 Å². The van der Waals surface area contributed by atoms with Gasteiger partial charge in [-0.1, -0.05) is 0 Å². The molecule has 0 aromatic carbocycles. The van der Waals surface area contributed by atoms with Crippen LogP contribution >= 0.6 is 0 Å². The van der Waals surface area contributed by atoms with Gasteiger partial charge in [-0.05, 0) is 0 Å². The minimum Gasteiger partial charge on any atom is -0.870 e. The molecule has 198 N–H and O–H groups in total. The van der Waals surface area contributed by atoms with Crippen molar-refractivity contribution in [2.45, 2.75) is 0 Å². The molecule has 0 aliphatic carbocycles. The predicted molar refractivity (Wildman–Crippen MR) is 358 cm³/mol. The molecule has 101 heavy (non-hydrogen) atoms. The Labute approximate surface area is 568 Å². The molecule has 0 aliphatic rings. The van der Waals surface area contributed by atoms with E-state index in [1.165, 1.54) is 0 Å². The summed E-state index contributed by atoms with van der Waals surface area (Å²) >= 11 is 0. The summed E-state index contributed by atoms with van der Waals surface area (Å²) in [6, 6.07) is 0. The Balaban J connectivity index is 0. The van der Waals surface area contributed by atoms with E-state index in [-0.39, 0.29) is 567 Å². The topological polar surface area (TPSA) is 3150 Å².